The summed E-state index contributed by atoms with van der Waals surface area (Å²) in [6, 6.07) is 14.4. The van der Waals surface area contributed by atoms with E-state index in [1.165, 1.54) is 6.39 Å². The highest BCUT2D eigenvalue weighted by Crippen LogP contribution is 2.26. The average molecular weight is 434 g/mol. The highest BCUT2D eigenvalue weighted by molar-refractivity contribution is 5.98. The lowest BCUT2D eigenvalue weighted by Gasteiger charge is -2.24. The number of rotatable bonds is 7. The molecule has 0 spiro atoms. The van der Waals surface area contributed by atoms with Gasteiger partial charge in [0.2, 0.25) is 5.91 Å². The molecule has 0 bridgehead atoms. The van der Waals surface area contributed by atoms with Crippen molar-refractivity contribution in [2.24, 2.45) is 5.92 Å². The molecule has 4 rings (SSSR count). The summed E-state index contributed by atoms with van der Waals surface area (Å²) in [5, 5.41) is 2.99. The van der Waals surface area contributed by atoms with Crippen molar-refractivity contribution in [3.8, 4) is 17.1 Å². The van der Waals surface area contributed by atoms with Gasteiger partial charge in [-0.15, -0.1) is 0 Å². The van der Waals surface area contributed by atoms with E-state index in [9.17, 15) is 9.59 Å². The first-order valence-corrected chi connectivity index (χ1v) is 10.8. The minimum absolute atomic E-state index is 0.136. The molecule has 0 radical (unpaired) electrons. The van der Waals surface area contributed by atoms with Crippen LogP contribution in [0.25, 0.3) is 11.3 Å². The third kappa shape index (κ3) is 4.82. The van der Waals surface area contributed by atoms with Gasteiger partial charge in [0.1, 0.15) is 11.8 Å². The molecule has 32 heavy (non-hydrogen) atoms. The average Bonchev–Trinajstić information content (AvgIpc) is 3.48. The second kappa shape index (κ2) is 9.68. The van der Waals surface area contributed by atoms with E-state index < -0.39 is 6.04 Å². The van der Waals surface area contributed by atoms with E-state index in [2.05, 4.69) is 17.2 Å². The molecule has 1 N–H and O–H groups in total. The van der Waals surface area contributed by atoms with Gasteiger partial charge in [0.25, 0.3) is 5.91 Å². The molecule has 7 nitrogen and oxygen atoms in total. The molecule has 1 saturated heterocycles. The number of oxazole rings is 1. The maximum Gasteiger partial charge on any atom is 0.254 e. The number of hydrogen-bond donors (Lipinski definition) is 1. The summed E-state index contributed by atoms with van der Waals surface area (Å²) in [6.07, 6.45) is 3.70. The van der Waals surface area contributed by atoms with Crippen LogP contribution in [-0.4, -0.2) is 40.9 Å². The van der Waals surface area contributed by atoms with Crippen LogP contribution in [0.15, 0.2) is 65.5 Å². The van der Waals surface area contributed by atoms with Crippen LogP contribution in [0, 0.1) is 5.92 Å². The number of ether oxygens (including phenoxy) is 1. The number of hydrogen-bond acceptors (Lipinski definition) is 5. The zero-order valence-electron chi connectivity index (χ0n) is 18.3. The van der Waals surface area contributed by atoms with Gasteiger partial charge in [0.15, 0.2) is 12.2 Å². The monoisotopic (exact) mass is 433 g/mol. The van der Waals surface area contributed by atoms with Gasteiger partial charge in [-0.3, -0.25) is 9.59 Å². The molecule has 2 heterocycles. The van der Waals surface area contributed by atoms with Gasteiger partial charge in [0.05, 0.1) is 12.8 Å². The zero-order chi connectivity index (χ0) is 22.5. The van der Waals surface area contributed by atoms with Crippen LogP contribution in [0.4, 0.5) is 0 Å². The number of benzene rings is 2. The Morgan fingerprint density at radius 1 is 1.22 bits per heavy atom. The molecule has 0 unspecified atom stereocenters. The summed E-state index contributed by atoms with van der Waals surface area (Å²) in [5.74, 6) is 1.32. The fourth-order valence-corrected chi connectivity index (χ4v) is 4.02. The summed E-state index contributed by atoms with van der Waals surface area (Å²) in [4.78, 5) is 31.7. The van der Waals surface area contributed by atoms with E-state index in [0.29, 0.717) is 43.2 Å². The molecule has 1 aliphatic rings. The lowest BCUT2D eigenvalue weighted by atomic mass is 10.1. The van der Waals surface area contributed by atoms with E-state index in [-0.39, 0.29) is 17.7 Å². The summed E-state index contributed by atoms with van der Waals surface area (Å²) in [6.45, 7) is 5.44. The number of likely N-dealkylation sites (tertiary alicyclic amines) is 1. The number of amides is 2. The largest absolute Gasteiger partial charge is 0.494 e. The number of nitrogens with one attached hydrogen (secondary N) is 1. The Kier molecular flexibility index (Phi) is 6.54. The highest BCUT2D eigenvalue weighted by atomic mass is 16.5. The maximum atomic E-state index is 13.2. The van der Waals surface area contributed by atoms with Crippen molar-refractivity contribution in [1.29, 1.82) is 0 Å². The van der Waals surface area contributed by atoms with Crippen LogP contribution in [-0.2, 0) is 11.3 Å². The number of aromatic nitrogens is 1. The van der Waals surface area contributed by atoms with Gasteiger partial charge in [-0.2, -0.15) is 0 Å². The van der Waals surface area contributed by atoms with Crippen LogP contribution >= 0.6 is 0 Å². The minimum Gasteiger partial charge on any atom is -0.494 e. The van der Waals surface area contributed by atoms with Crippen LogP contribution in [0.1, 0.15) is 36.2 Å². The molecule has 2 aromatic carbocycles. The number of carbonyl (C=O) groups is 2. The topological polar surface area (TPSA) is 84.7 Å². The van der Waals surface area contributed by atoms with Gasteiger partial charge in [-0.25, -0.2) is 4.98 Å². The fourth-order valence-electron chi connectivity index (χ4n) is 4.02. The lowest BCUT2D eigenvalue weighted by Crippen LogP contribution is -2.45. The van der Waals surface area contributed by atoms with Gasteiger partial charge in [-0.1, -0.05) is 37.3 Å². The summed E-state index contributed by atoms with van der Waals surface area (Å²) >= 11 is 0. The first kappa shape index (κ1) is 21.6. The van der Waals surface area contributed by atoms with Gasteiger partial charge < -0.3 is 19.4 Å². The standard InChI is InChI=1S/C25H27N3O4/c1-3-31-21-6-4-5-20(12-21)25(30)28-15-17(2)11-22(28)24(29)27-13-18-7-9-19(10-8-18)23-14-26-16-32-23/h4-10,12,14,16-17,22H,3,11,13,15H2,1-2H3,(H,27,29)/t17-,22+/m1/s1. The third-order valence-corrected chi connectivity index (χ3v) is 5.60. The Morgan fingerprint density at radius 2 is 2.03 bits per heavy atom. The van der Waals surface area contributed by atoms with Crippen molar-refractivity contribution in [2.45, 2.75) is 32.9 Å². The van der Waals surface area contributed by atoms with Crippen molar-refractivity contribution in [1.82, 2.24) is 15.2 Å². The van der Waals surface area contributed by atoms with Crippen LogP contribution in [0.3, 0.4) is 0 Å². The molecule has 3 aromatic rings. The Labute approximate surface area is 187 Å². The minimum atomic E-state index is -0.485. The molecule has 2 atom stereocenters. The van der Waals surface area contributed by atoms with Crippen LogP contribution in [0.2, 0.25) is 0 Å². The summed E-state index contributed by atoms with van der Waals surface area (Å²) in [5.41, 5.74) is 2.43. The van der Waals surface area contributed by atoms with Crippen molar-refractivity contribution in [2.75, 3.05) is 13.2 Å². The summed E-state index contributed by atoms with van der Waals surface area (Å²) < 4.78 is 10.8. The predicted molar refractivity (Wildman–Crippen MR) is 120 cm³/mol. The third-order valence-electron chi connectivity index (χ3n) is 5.60. The van der Waals surface area contributed by atoms with Crippen LogP contribution in [0.5, 0.6) is 5.75 Å². The van der Waals surface area contributed by atoms with E-state index >= 15 is 0 Å². The highest BCUT2D eigenvalue weighted by Gasteiger charge is 2.38. The molecule has 7 heteroatoms. The zero-order valence-corrected chi connectivity index (χ0v) is 18.3. The molecular formula is C25H27N3O4. The van der Waals surface area contributed by atoms with Crippen molar-refractivity contribution in [3.05, 3.63) is 72.2 Å². The smallest absolute Gasteiger partial charge is 0.254 e. The molecule has 1 fully saturated rings. The molecule has 2 amide bonds. The SMILES string of the molecule is CCOc1cccc(C(=O)N2C[C@H](C)C[C@H]2C(=O)NCc2ccc(-c3cnco3)cc2)c1. The van der Waals surface area contributed by atoms with Gasteiger partial charge in [-0.05, 0) is 43.0 Å². The van der Waals surface area contributed by atoms with E-state index in [1.54, 1.807) is 29.3 Å². The van der Waals surface area contributed by atoms with Crippen molar-refractivity contribution in [3.63, 3.8) is 0 Å². The van der Waals surface area contributed by atoms with Gasteiger partial charge >= 0.3 is 0 Å². The summed E-state index contributed by atoms with van der Waals surface area (Å²) in [7, 11) is 0. The lowest BCUT2D eigenvalue weighted by molar-refractivity contribution is -0.125. The Hall–Kier alpha value is -3.61. The quantitative estimate of drug-likeness (QED) is 0.611. The second-order valence-corrected chi connectivity index (χ2v) is 8.06. The molecular weight excluding hydrogens is 406 g/mol. The fraction of sp³-hybridized carbons (Fsp3) is 0.320. The molecule has 166 valence electrons. The van der Waals surface area contributed by atoms with E-state index in [4.69, 9.17) is 9.15 Å². The van der Waals surface area contributed by atoms with Gasteiger partial charge in [0, 0.05) is 24.2 Å². The van der Waals surface area contributed by atoms with Crippen LogP contribution < -0.4 is 10.1 Å². The normalized spacial score (nSPS) is 17.9. The predicted octanol–water partition coefficient (Wildman–Crippen LogP) is 3.91. The number of nitrogens with zero attached hydrogens (tertiary/aromatic N) is 2. The van der Waals surface area contributed by atoms with E-state index in [0.717, 1.165) is 11.1 Å². The first-order chi connectivity index (χ1) is 15.5. The first-order valence-electron chi connectivity index (χ1n) is 10.8. The maximum absolute atomic E-state index is 13.2. The second-order valence-electron chi connectivity index (χ2n) is 8.06. The van der Waals surface area contributed by atoms with E-state index in [1.807, 2.05) is 37.3 Å². The molecule has 1 aromatic heterocycles. The van der Waals surface area contributed by atoms with Crippen molar-refractivity contribution < 1.29 is 18.7 Å². The molecule has 0 aliphatic carbocycles. The Bertz CT molecular complexity index is 1060. The Morgan fingerprint density at radius 3 is 2.75 bits per heavy atom. The Balaban J connectivity index is 1.40. The molecule has 0 saturated carbocycles. The molecule has 1 aliphatic heterocycles. The number of carbonyl (C=O) groups excluding carboxylic acids is 2. The van der Waals surface area contributed by atoms with Crippen molar-refractivity contribution >= 4 is 11.8 Å².